The van der Waals surface area contributed by atoms with Gasteiger partial charge in [0.15, 0.2) is 18.4 Å². The Hall–Kier alpha value is -3.11. The Morgan fingerprint density at radius 3 is 2.46 bits per heavy atom. The molecule has 1 saturated carbocycles. The van der Waals surface area contributed by atoms with Gasteiger partial charge in [0.05, 0.1) is 21.3 Å². The summed E-state index contributed by atoms with van der Waals surface area (Å²) in [6, 6.07) is 8.12. The summed E-state index contributed by atoms with van der Waals surface area (Å²) in [7, 11) is 1.66. The van der Waals surface area contributed by atoms with Crippen LogP contribution in [0.1, 0.15) is 58.1 Å². The predicted octanol–water partition coefficient (Wildman–Crippen LogP) is 5.92. The van der Waals surface area contributed by atoms with Gasteiger partial charge in [-0.05, 0) is 67.4 Å². The van der Waals surface area contributed by atoms with E-state index >= 15 is 0 Å². The fraction of sp³-hybridized carbons (Fsp3) is 0.600. The largest absolute Gasteiger partial charge is 0.454 e. The van der Waals surface area contributed by atoms with E-state index in [0.717, 1.165) is 12.5 Å². The number of para-hydroxylation sites is 1. The average molecular weight is 826 g/mol. The molecule has 56 heavy (non-hydrogen) atoms. The quantitative estimate of drug-likeness (QED) is 0.228. The van der Waals surface area contributed by atoms with Gasteiger partial charge >= 0.3 is 18.1 Å². The number of anilines is 2. The van der Waals surface area contributed by atoms with Crippen molar-refractivity contribution in [1.29, 1.82) is 0 Å². The van der Waals surface area contributed by atoms with Crippen molar-refractivity contribution in [2.45, 2.75) is 88.8 Å². The number of aliphatic hydroxyl groups is 2. The lowest BCUT2D eigenvalue weighted by atomic mass is 9.55. The van der Waals surface area contributed by atoms with Crippen LogP contribution in [0.4, 0.5) is 24.5 Å². The van der Waals surface area contributed by atoms with E-state index in [9.17, 15) is 33.0 Å². The molecule has 3 heterocycles. The normalized spacial score (nSPS) is 33.9. The molecule has 0 spiro atoms. The highest BCUT2D eigenvalue weighted by atomic mass is 35.5. The van der Waals surface area contributed by atoms with Crippen LogP contribution in [0.25, 0.3) is 0 Å². The van der Waals surface area contributed by atoms with Crippen LogP contribution in [0, 0.1) is 23.7 Å². The first kappa shape index (κ1) is 41.1. The van der Waals surface area contributed by atoms with Crippen molar-refractivity contribution in [1.82, 2.24) is 10.2 Å². The fourth-order valence-electron chi connectivity index (χ4n) is 9.82. The number of carbonyl (C=O) groups excluding carboxylic acids is 2. The Labute approximate surface area is 334 Å². The standard InChI is InChI=1S/C40H49Cl2F3N4O7/c1-21-17-28-26(22(2)20-48-13-15-49(16-14-48)25-10-12-30(41)29(18-25)40(43,44)45)11-9-23(3)39(28,53)35(34(21)54-24(4)50)55-36(51)32-19-38(52)27-7-6-8-31(42)33(27)47(5)56-37(38)46-32/h6-8,10,12,17-18,22-23,26,28,32,34-35,37,46,52-53H,9,11,13-16,19-20H2,1-5H3/t22?,23-,26+,28-,32+,34-,35+,37-,38-,39-/m1/s1. The number of halogens is 5. The van der Waals surface area contributed by atoms with E-state index in [1.165, 1.54) is 18.1 Å². The molecule has 2 saturated heterocycles. The van der Waals surface area contributed by atoms with Gasteiger partial charge < -0.3 is 24.6 Å². The Morgan fingerprint density at radius 2 is 1.79 bits per heavy atom. The summed E-state index contributed by atoms with van der Waals surface area (Å²) in [6.07, 6.45) is -4.52. The number of carbonyl (C=O) groups is 2. The average Bonchev–Trinajstić information content (AvgIpc) is 3.48. The molecule has 11 nitrogen and oxygen atoms in total. The maximum absolute atomic E-state index is 14.2. The Balaban J connectivity index is 1.08. The SMILES string of the molecule is CC(=O)O[C@@H]1C(C)=C[C@@H]2[C@H](C(C)CN3CCN(c4ccc(Cl)c(C(F)(F)F)c4)CC3)CC[C@@H](C)[C@]2(O)[C@H]1OC(=O)[C@@H]1C[C@@]2(O)c3cccc(Cl)c3N(C)O[C@H]2N1. The molecule has 306 valence electrons. The number of nitrogens with one attached hydrogen (secondary N) is 1. The maximum atomic E-state index is 14.2. The van der Waals surface area contributed by atoms with E-state index < -0.39 is 65.3 Å². The number of benzene rings is 2. The fourth-order valence-corrected chi connectivity index (χ4v) is 10.3. The van der Waals surface area contributed by atoms with Crippen molar-refractivity contribution in [3.8, 4) is 0 Å². The second-order valence-electron chi connectivity index (χ2n) is 16.2. The van der Waals surface area contributed by atoms with E-state index in [1.54, 1.807) is 31.3 Å². The van der Waals surface area contributed by atoms with E-state index in [1.807, 2.05) is 24.8 Å². The number of nitrogens with zero attached hydrogens (tertiary/aromatic N) is 3. The molecule has 0 amide bonds. The highest BCUT2D eigenvalue weighted by Gasteiger charge is 2.62. The number of hydrogen-bond donors (Lipinski definition) is 3. The zero-order chi connectivity index (χ0) is 40.5. The van der Waals surface area contributed by atoms with Gasteiger partial charge in [0.2, 0.25) is 0 Å². The summed E-state index contributed by atoms with van der Waals surface area (Å²) in [5.74, 6) is -2.07. The third kappa shape index (κ3) is 7.28. The van der Waals surface area contributed by atoms with Crippen LogP contribution in [0.3, 0.4) is 0 Å². The Morgan fingerprint density at radius 1 is 1.07 bits per heavy atom. The smallest absolute Gasteiger partial charge is 0.417 e. The lowest BCUT2D eigenvalue weighted by molar-refractivity contribution is -0.225. The molecule has 0 aromatic heterocycles. The minimum absolute atomic E-state index is 0.0346. The third-order valence-corrected chi connectivity index (χ3v) is 13.4. The van der Waals surface area contributed by atoms with Gasteiger partial charge in [-0.1, -0.05) is 55.3 Å². The summed E-state index contributed by atoms with van der Waals surface area (Å²) >= 11 is 12.3. The van der Waals surface area contributed by atoms with Gasteiger partial charge in [-0.3, -0.25) is 29.7 Å². The number of fused-ring (bicyclic) bond motifs is 4. The van der Waals surface area contributed by atoms with Crippen molar-refractivity contribution in [2.75, 3.05) is 49.7 Å². The van der Waals surface area contributed by atoms with Crippen LogP contribution in [0.2, 0.25) is 10.0 Å². The predicted molar refractivity (Wildman–Crippen MR) is 204 cm³/mol. The van der Waals surface area contributed by atoms with Crippen LogP contribution < -0.4 is 15.3 Å². The van der Waals surface area contributed by atoms with Gasteiger partial charge in [-0.2, -0.15) is 13.2 Å². The van der Waals surface area contributed by atoms with Crippen LogP contribution in [0.5, 0.6) is 0 Å². The van der Waals surface area contributed by atoms with Crippen LogP contribution in [-0.4, -0.2) is 96.9 Å². The van der Waals surface area contributed by atoms with Crippen molar-refractivity contribution in [3.05, 3.63) is 69.2 Å². The van der Waals surface area contributed by atoms with E-state index in [-0.39, 0.29) is 29.2 Å². The lowest BCUT2D eigenvalue weighted by Crippen LogP contribution is -2.66. The molecule has 0 bridgehead atoms. The Bertz CT molecular complexity index is 1880. The van der Waals surface area contributed by atoms with Crippen LogP contribution >= 0.6 is 23.2 Å². The van der Waals surface area contributed by atoms with Gasteiger partial charge in [-0.25, -0.2) is 0 Å². The molecule has 3 N–H and O–H groups in total. The molecular formula is C40H49Cl2F3N4O7. The molecule has 0 radical (unpaired) electrons. The summed E-state index contributed by atoms with van der Waals surface area (Å²) < 4.78 is 52.7. The summed E-state index contributed by atoms with van der Waals surface area (Å²) in [6.45, 7) is 10.2. The molecule has 16 heteroatoms. The number of ether oxygens (including phenoxy) is 2. The number of esters is 2. The number of hydroxylamine groups is 1. The van der Waals surface area contributed by atoms with E-state index in [4.69, 9.17) is 37.5 Å². The molecule has 2 aromatic carbocycles. The zero-order valence-electron chi connectivity index (χ0n) is 32.0. The second kappa shape index (κ2) is 15.2. The van der Waals surface area contributed by atoms with Gasteiger partial charge in [-0.15, -0.1) is 0 Å². The van der Waals surface area contributed by atoms with E-state index in [0.29, 0.717) is 66.7 Å². The van der Waals surface area contributed by atoms with Crippen molar-refractivity contribution in [3.63, 3.8) is 0 Å². The summed E-state index contributed by atoms with van der Waals surface area (Å²) in [5.41, 5.74) is -1.94. The summed E-state index contributed by atoms with van der Waals surface area (Å²) in [4.78, 5) is 36.8. The van der Waals surface area contributed by atoms with Crippen molar-refractivity contribution in [2.24, 2.45) is 23.7 Å². The van der Waals surface area contributed by atoms with E-state index in [2.05, 4.69) is 17.1 Å². The van der Waals surface area contributed by atoms with Crippen molar-refractivity contribution < 1.29 is 47.3 Å². The maximum Gasteiger partial charge on any atom is 0.417 e. The molecule has 5 aliphatic rings. The summed E-state index contributed by atoms with van der Waals surface area (Å²) in [5, 5.41) is 29.4. The third-order valence-electron chi connectivity index (χ3n) is 12.8. The molecular weight excluding hydrogens is 776 g/mol. The number of hydrogen-bond acceptors (Lipinski definition) is 11. The highest BCUT2D eigenvalue weighted by molar-refractivity contribution is 6.33. The lowest BCUT2D eigenvalue weighted by Gasteiger charge is -2.56. The molecule has 3 aliphatic heterocycles. The van der Waals surface area contributed by atoms with Crippen LogP contribution in [0.15, 0.2) is 48.0 Å². The minimum Gasteiger partial charge on any atom is -0.454 e. The van der Waals surface area contributed by atoms with Gasteiger partial charge in [0, 0.05) is 70.3 Å². The van der Waals surface area contributed by atoms with Crippen molar-refractivity contribution >= 4 is 46.5 Å². The number of alkyl halides is 3. The molecule has 2 aliphatic carbocycles. The number of piperazine rings is 1. The monoisotopic (exact) mass is 824 g/mol. The minimum atomic E-state index is -4.55. The molecule has 2 aromatic rings. The first-order valence-corrected chi connectivity index (χ1v) is 19.9. The second-order valence-corrected chi connectivity index (χ2v) is 17.1. The molecule has 10 atom stereocenters. The molecule has 1 unspecified atom stereocenters. The zero-order valence-corrected chi connectivity index (χ0v) is 33.5. The first-order chi connectivity index (χ1) is 26.3. The molecule has 7 rings (SSSR count). The molecule has 3 fully saturated rings. The Kier molecular flexibility index (Phi) is 11.2. The topological polar surface area (TPSA) is 124 Å². The van der Waals surface area contributed by atoms with Gasteiger partial charge in [0.1, 0.15) is 17.2 Å². The van der Waals surface area contributed by atoms with Crippen LogP contribution in [-0.2, 0) is 35.7 Å². The highest BCUT2D eigenvalue weighted by Crippen LogP contribution is 2.53. The van der Waals surface area contributed by atoms with Gasteiger partial charge in [0.25, 0.3) is 0 Å². The first-order valence-electron chi connectivity index (χ1n) is 19.1. The number of rotatable bonds is 7.